The molecular weight excluding hydrogens is 508 g/mol. The molecule has 0 saturated heterocycles. The van der Waals surface area contributed by atoms with E-state index in [-0.39, 0.29) is 0 Å². The van der Waals surface area contributed by atoms with Gasteiger partial charge in [-0.3, -0.25) is 0 Å². The van der Waals surface area contributed by atoms with Gasteiger partial charge in [0, 0.05) is 38.3 Å². The van der Waals surface area contributed by atoms with Gasteiger partial charge in [0.05, 0.1) is 22.1 Å². The molecule has 0 bridgehead atoms. The summed E-state index contributed by atoms with van der Waals surface area (Å²) < 4.78 is 4.87. The molecule has 10 rings (SSSR count). The topological polar surface area (TPSA) is 9.86 Å². The van der Waals surface area contributed by atoms with Crippen molar-refractivity contribution in [2.45, 2.75) is 0 Å². The number of hydrogen-bond donors (Lipinski definition) is 0. The Morgan fingerprint density at radius 3 is 1.60 bits per heavy atom. The van der Waals surface area contributed by atoms with Crippen LogP contribution < -0.4 is 0 Å². The first-order chi connectivity index (χ1) is 20.9. The molecule has 0 saturated carbocycles. The second-order valence-electron chi connectivity index (χ2n) is 11.3. The highest BCUT2D eigenvalue weighted by molar-refractivity contribution is 6.36. The Hall–Kier alpha value is -5.60. The normalized spacial score (nSPS) is 12.3. The van der Waals surface area contributed by atoms with Gasteiger partial charge < -0.3 is 9.13 Å². The zero-order valence-corrected chi connectivity index (χ0v) is 22.8. The molecule has 0 fully saturated rings. The predicted octanol–water partition coefficient (Wildman–Crippen LogP) is 10.8. The minimum atomic E-state index is 1.19. The lowest BCUT2D eigenvalue weighted by atomic mass is 9.90. The van der Waals surface area contributed by atoms with E-state index in [1.54, 1.807) is 0 Å². The van der Waals surface area contributed by atoms with Crippen molar-refractivity contribution in [3.8, 4) is 11.4 Å². The summed E-state index contributed by atoms with van der Waals surface area (Å²) in [6, 6.07) is 53.4. The van der Waals surface area contributed by atoms with Crippen molar-refractivity contribution in [1.82, 2.24) is 9.13 Å². The van der Waals surface area contributed by atoms with E-state index >= 15 is 0 Å². The van der Waals surface area contributed by atoms with Crippen LogP contribution in [0.15, 0.2) is 146 Å². The maximum absolute atomic E-state index is 2.45. The third-order valence-corrected chi connectivity index (χ3v) is 9.20. The number of fused-ring (bicyclic) bond motifs is 8. The lowest BCUT2D eigenvalue weighted by Gasteiger charge is -2.15. The van der Waals surface area contributed by atoms with Gasteiger partial charge in [-0.2, -0.15) is 0 Å². The molecule has 2 heterocycles. The molecular formula is C40H24N2. The summed E-state index contributed by atoms with van der Waals surface area (Å²) in [7, 11) is 0. The second-order valence-corrected chi connectivity index (χ2v) is 11.3. The summed E-state index contributed by atoms with van der Waals surface area (Å²) in [5, 5.41) is 13.1. The molecule has 0 atom stereocenters. The Kier molecular flexibility index (Phi) is 4.21. The van der Waals surface area contributed by atoms with Crippen molar-refractivity contribution in [1.29, 1.82) is 0 Å². The largest absolute Gasteiger partial charge is 0.309 e. The molecule has 0 aliphatic rings. The Labute approximate surface area is 241 Å². The summed E-state index contributed by atoms with van der Waals surface area (Å²) in [5.74, 6) is 0. The zero-order chi connectivity index (χ0) is 27.4. The molecule has 194 valence electrons. The van der Waals surface area contributed by atoms with E-state index in [1.807, 2.05) is 0 Å². The van der Waals surface area contributed by atoms with Crippen LogP contribution in [-0.4, -0.2) is 9.13 Å². The molecule has 10 aromatic rings. The average molecular weight is 533 g/mol. The van der Waals surface area contributed by atoms with Gasteiger partial charge in [-0.25, -0.2) is 0 Å². The van der Waals surface area contributed by atoms with Gasteiger partial charge >= 0.3 is 0 Å². The third kappa shape index (κ3) is 2.74. The Morgan fingerprint density at radius 1 is 0.310 bits per heavy atom. The smallest absolute Gasteiger partial charge is 0.0620 e. The van der Waals surface area contributed by atoms with Crippen LogP contribution in [0.4, 0.5) is 0 Å². The van der Waals surface area contributed by atoms with Crippen molar-refractivity contribution in [3.63, 3.8) is 0 Å². The van der Waals surface area contributed by atoms with Gasteiger partial charge in [-0.15, -0.1) is 0 Å². The van der Waals surface area contributed by atoms with Crippen LogP contribution in [-0.2, 0) is 0 Å². The molecule has 2 heteroatoms. The zero-order valence-electron chi connectivity index (χ0n) is 22.8. The lowest BCUT2D eigenvalue weighted by Crippen LogP contribution is -1.95. The fourth-order valence-electron chi connectivity index (χ4n) is 7.55. The Bertz CT molecular complexity index is 2660. The minimum absolute atomic E-state index is 1.19. The Morgan fingerprint density at radius 2 is 0.857 bits per heavy atom. The van der Waals surface area contributed by atoms with Crippen LogP contribution in [0.25, 0.3) is 87.3 Å². The van der Waals surface area contributed by atoms with E-state index in [0.717, 1.165) is 0 Å². The molecule has 0 unspecified atom stereocenters. The maximum atomic E-state index is 2.45. The van der Waals surface area contributed by atoms with Gasteiger partial charge in [0.2, 0.25) is 0 Å². The molecule has 8 aromatic carbocycles. The van der Waals surface area contributed by atoms with Gasteiger partial charge in [0.15, 0.2) is 0 Å². The molecule has 42 heavy (non-hydrogen) atoms. The highest BCUT2D eigenvalue weighted by atomic mass is 15.0. The molecule has 0 radical (unpaired) electrons. The van der Waals surface area contributed by atoms with Gasteiger partial charge in [-0.05, 0) is 75.5 Å². The first kappa shape index (κ1) is 22.1. The monoisotopic (exact) mass is 532 g/mol. The highest BCUT2D eigenvalue weighted by Crippen LogP contribution is 2.46. The van der Waals surface area contributed by atoms with E-state index in [1.165, 1.54) is 87.3 Å². The first-order valence-electron chi connectivity index (χ1n) is 14.5. The van der Waals surface area contributed by atoms with Crippen LogP contribution in [0.3, 0.4) is 0 Å². The van der Waals surface area contributed by atoms with Gasteiger partial charge in [-0.1, -0.05) is 97.1 Å². The Balaban J connectivity index is 1.44. The summed E-state index contributed by atoms with van der Waals surface area (Å²) in [6.07, 6.45) is 0. The molecule has 0 aliphatic heterocycles. The van der Waals surface area contributed by atoms with Crippen LogP contribution in [0, 0.1) is 0 Å². The van der Waals surface area contributed by atoms with Crippen molar-refractivity contribution < 1.29 is 0 Å². The van der Waals surface area contributed by atoms with Crippen LogP contribution >= 0.6 is 0 Å². The summed E-state index contributed by atoms with van der Waals surface area (Å²) in [6.45, 7) is 0. The van der Waals surface area contributed by atoms with E-state index in [4.69, 9.17) is 0 Å². The van der Waals surface area contributed by atoms with Crippen molar-refractivity contribution in [2.24, 2.45) is 0 Å². The SMILES string of the molecule is c1ccc(-n2c3ccccc3c3c4ccc5cc6c7ccccc7n(-c7ccccc7)c6c6ccc(cc32)c4c56)cc1. The first-order valence-corrected chi connectivity index (χ1v) is 14.5. The van der Waals surface area contributed by atoms with E-state index in [2.05, 4.69) is 155 Å². The summed E-state index contributed by atoms with van der Waals surface area (Å²) in [4.78, 5) is 0. The van der Waals surface area contributed by atoms with Gasteiger partial charge in [0.1, 0.15) is 0 Å². The number of para-hydroxylation sites is 4. The molecule has 0 aliphatic carbocycles. The average Bonchev–Trinajstić information content (AvgIpc) is 3.57. The van der Waals surface area contributed by atoms with E-state index in [0.29, 0.717) is 0 Å². The fraction of sp³-hybridized carbons (Fsp3) is 0. The quantitative estimate of drug-likeness (QED) is 0.196. The highest BCUT2D eigenvalue weighted by Gasteiger charge is 2.21. The molecule has 0 N–H and O–H groups in total. The molecule has 0 amide bonds. The van der Waals surface area contributed by atoms with Crippen LogP contribution in [0.5, 0.6) is 0 Å². The minimum Gasteiger partial charge on any atom is -0.309 e. The lowest BCUT2D eigenvalue weighted by molar-refractivity contribution is 1.18. The standard InChI is InChI=1S/C40H24N2/c1-3-11-27(12-4-1)41-35-18-10-8-16-30(35)39-31-21-19-25-23-33-29-15-7-9-17-34(29)42(28-13-5-2-6-14-28)40(33)32-22-20-26(24-36(39)41)37(31)38(25)32/h1-24H. The molecule has 2 aromatic heterocycles. The summed E-state index contributed by atoms with van der Waals surface area (Å²) in [5.41, 5.74) is 7.37. The van der Waals surface area contributed by atoms with Gasteiger partial charge in [0.25, 0.3) is 0 Å². The molecule has 0 spiro atoms. The third-order valence-electron chi connectivity index (χ3n) is 9.20. The van der Waals surface area contributed by atoms with Crippen molar-refractivity contribution >= 4 is 75.9 Å². The van der Waals surface area contributed by atoms with Crippen LogP contribution in [0.1, 0.15) is 0 Å². The van der Waals surface area contributed by atoms with Crippen molar-refractivity contribution in [3.05, 3.63) is 146 Å². The molecule has 2 nitrogen and oxygen atoms in total. The van der Waals surface area contributed by atoms with E-state index < -0.39 is 0 Å². The number of hydrogen-bond acceptors (Lipinski definition) is 0. The van der Waals surface area contributed by atoms with E-state index in [9.17, 15) is 0 Å². The fourth-order valence-corrected chi connectivity index (χ4v) is 7.55. The van der Waals surface area contributed by atoms with Crippen LogP contribution in [0.2, 0.25) is 0 Å². The number of rotatable bonds is 2. The predicted molar refractivity (Wildman–Crippen MR) is 179 cm³/mol. The summed E-state index contributed by atoms with van der Waals surface area (Å²) >= 11 is 0. The number of benzene rings is 8. The number of nitrogens with zero attached hydrogens (tertiary/aromatic N) is 2. The maximum Gasteiger partial charge on any atom is 0.0620 e. The second kappa shape index (κ2) is 7.99. The van der Waals surface area contributed by atoms with Crippen molar-refractivity contribution in [2.75, 3.05) is 0 Å². The number of aromatic nitrogens is 2.